The normalized spacial score (nSPS) is 16.1. The summed E-state index contributed by atoms with van der Waals surface area (Å²) < 4.78 is 21.5. The number of carbonyl (C=O) groups excluding carboxylic acids is 1. The van der Waals surface area contributed by atoms with Crippen molar-refractivity contribution in [1.29, 1.82) is 0 Å². The van der Waals surface area contributed by atoms with Crippen molar-refractivity contribution >= 4 is 35.1 Å². The van der Waals surface area contributed by atoms with Crippen LogP contribution in [-0.2, 0) is 11.3 Å². The zero-order valence-corrected chi connectivity index (χ0v) is 19.7. The molecule has 0 atom stereocenters. The average Bonchev–Trinajstić information content (AvgIpc) is 3.48. The van der Waals surface area contributed by atoms with Crippen LogP contribution in [0.1, 0.15) is 16.9 Å². The van der Waals surface area contributed by atoms with Gasteiger partial charge in [-0.1, -0.05) is 18.2 Å². The number of amides is 1. The molecule has 2 aromatic carbocycles. The minimum Gasteiger partial charge on any atom is -0.496 e. The molecule has 0 bridgehead atoms. The predicted octanol–water partition coefficient (Wildman–Crippen LogP) is 4.81. The smallest absolute Gasteiger partial charge is 0.267 e. The van der Waals surface area contributed by atoms with Gasteiger partial charge in [0.15, 0.2) is 16.7 Å². The number of amidine groups is 1. The highest BCUT2D eigenvalue weighted by Gasteiger charge is 2.34. The molecule has 1 aliphatic rings. The molecule has 3 aromatic rings. The second kappa shape index (κ2) is 10.8. The van der Waals surface area contributed by atoms with Gasteiger partial charge in [0.1, 0.15) is 11.5 Å². The van der Waals surface area contributed by atoms with E-state index >= 15 is 0 Å². The molecule has 1 amide bonds. The van der Waals surface area contributed by atoms with Gasteiger partial charge in [-0.05, 0) is 59.8 Å². The Morgan fingerprint density at radius 1 is 0.971 bits per heavy atom. The van der Waals surface area contributed by atoms with Crippen LogP contribution in [0.25, 0.3) is 6.08 Å². The van der Waals surface area contributed by atoms with Crippen molar-refractivity contribution in [2.75, 3.05) is 21.3 Å². The molecule has 0 saturated carbocycles. The lowest BCUT2D eigenvalue weighted by atomic mass is 10.2. The molecule has 1 fully saturated rings. The van der Waals surface area contributed by atoms with Crippen LogP contribution in [0.3, 0.4) is 0 Å². The number of para-hydroxylation sites is 1. The quantitative estimate of drug-likeness (QED) is 0.263. The second-order valence-corrected chi connectivity index (χ2v) is 8.07. The fraction of sp³-hybridized carbons (Fsp3) is 0.160. The lowest BCUT2D eigenvalue weighted by molar-refractivity contribution is -0.122. The molecule has 0 aliphatic carbocycles. The Kier molecular flexibility index (Phi) is 7.34. The number of carbonyl (C=O) groups is 1. The molecule has 174 valence electrons. The SMILES string of the molecule is COc1ccccc1/C=N\N=C1\S/C(=C\c2ccc(OC)c(OC)c2)C(=O)N1Cc1ccco1. The van der Waals surface area contributed by atoms with Gasteiger partial charge in [0.2, 0.25) is 0 Å². The Hall–Kier alpha value is -3.98. The Bertz CT molecular complexity index is 1250. The van der Waals surface area contributed by atoms with E-state index in [2.05, 4.69) is 10.2 Å². The molecular formula is C25H23N3O5S. The second-order valence-electron chi connectivity index (χ2n) is 7.06. The molecule has 0 unspecified atom stereocenters. The maximum absolute atomic E-state index is 13.2. The van der Waals surface area contributed by atoms with Crippen LogP contribution in [-0.4, -0.2) is 43.5 Å². The van der Waals surface area contributed by atoms with E-state index in [-0.39, 0.29) is 12.5 Å². The van der Waals surface area contributed by atoms with Crippen molar-refractivity contribution < 1.29 is 23.4 Å². The average molecular weight is 478 g/mol. The molecule has 0 N–H and O–H groups in total. The van der Waals surface area contributed by atoms with Gasteiger partial charge < -0.3 is 18.6 Å². The van der Waals surface area contributed by atoms with Crippen molar-refractivity contribution in [3.63, 3.8) is 0 Å². The largest absolute Gasteiger partial charge is 0.496 e. The summed E-state index contributed by atoms with van der Waals surface area (Å²) in [5, 5.41) is 8.99. The van der Waals surface area contributed by atoms with E-state index in [4.69, 9.17) is 18.6 Å². The zero-order chi connectivity index (χ0) is 23.9. The topological polar surface area (TPSA) is 85.9 Å². The third kappa shape index (κ3) is 5.15. The maximum atomic E-state index is 13.2. The zero-order valence-electron chi connectivity index (χ0n) is 18.9. The standard InChI is InChI=1S/C25H23N3O5S/c1-30-20-9-5-4-7-18(20)15-26-27-25-28(16-19-8-6-12-33-19)24(29)23(34-25)14-17-10-11-21(31-2)22(13-17)32-3/h4-15H,16H2,1-3H3/b23-14-,26-15-,27-25+. The Labute approximate surface area is 201 Å². The highest BCUT2D eigenvalue weighted by molar-refractivity contribution is 8.18. The van der Waals surface area contributed by atoms with E-state index in [9.17, 15) is 4.79 Å². The number of methoxy groups -OCH3 is 3. The van der Waals surface area contributed by atoms with Crippen LogP contribution in [0.4, 0.5) is 0 Å². The van der Waals surface area contributed by atoms with Crippen LogP contribution < -0.4 is 14.2 Å². The highest BCUT2D eigenvalue weighted by Crippen LogP contribution is 2.35. The first-order valence-electron chi connectivity index (χ1n) is 10.3. The van der Waals surface area contributed by atoms with Crippen LogP contribution in [0, 0.1) is 0 Å². The van der Waals surface area contributed by atoms with Gasteiger partial charge >= 0.3 is 0 Å². The lowest BCUT2D eigenvalue weighted by Crippen LogP contribution is -2.28. The van der Waals surface area contributed by atoms with Crippen LogP contribution in [0.15, 0.2) is 80.4 Å². The molecule has 1 aromatic heterocycles. The fourth-order valence-electron chi connectivity index (χ4n) is 3.29. The fourth-order valence-corrected chi connectivity index (χ4v) is 4.22. The number of hydrogen-bond acceptors (Lipinski definition) is 8. The van der Waals surface area contributed by atoms with Gasteiger partial charge in [0.05, 0.1) is 45.3 Å². The van der Waals surface area contributed by atoms with Gasteiger partial charge in [0, 0.05) is 5.56 Å². The van der Waals surface area contributed by atoms with Gasteiger partial charge in [-0.2, -0.15) is 5.10 Å². The molecule has 34 heavy (non-hydrogen) atoms. The summed E-state index contributed by atoms with van der Waals surface area (Å²) in [5.74, 6) is 2.32. The number of nitrogens with zero attached hydrogens (tertiary/aromatic N) is 3. The van der Waals surface area contributed by atoms with Gasteiger partial charge in [0.25, 0.3) is 5.91 Å². The van der Waals surface area contributed by atoms with Crippen molar-refractivity contribution in [2.45, 2.75) is 6.54 Å². The van der Waals surface area contributed by atoms with E-state index in [1.807, 2.05) is 42.5 Å². The summed E-state index contributed by atoms with van der Waals surface area (Å²) in [5.41, 5.74) is 1.58. The minimum absolute atomic E-state index is 0.192. The summed E-state index contributed by atoms with van der Waals surface area (Å²) in [6.45, 7) is 0.241. The van der Waals surface area contributed by atoms with Gasteiger partial charge in [-0.25, -0.2) is 0 Å². The van der Waals surface area contributed by atoms with E-state index in [1.165, 1.54) is 16.7 Å². The first-order valence-corrected chi connectivity index (χ1v) is 11.1. The number of rotatable bonds is 8. The molecule has 1 aliphatic heterocycles. The maximum Gasteiger partial charge on any atom is 0.267 e. The third-order valence-corrected chi connectivity index (χ3v) is 5.96. The van der Waals surface area contributed by atoms with E-state index in [0.717, 1.165) is 11.1 Å². The predicted molar refractivity (Wildman–Crippen MR) is 132 cm³/mol. The monoisotopic (exact) mass is 477 g/mol. The van der Waals surface area contributed by atoms with Crippen molar-refractivity contribution in [2.24, 2.45) is 10.2 Å². The van der Waals surface area contributed by atoms with Crippen LogP contribution in [0.2, 0.25) is 0 Å². The molecule has 1 saturated heterocycles. The number of thioether (sulfide) groups is 1. The van der Waals surface area contributed by atoms with Gasteiger partial charge in [-0.15, -0.1) is 5.10 Å². The molecule has 8 nitrogen and oxygen atoms in total. The minimum atomic E-state index is -0.192. The first-order chi connectivity index (χ1) is 16.6. The summed E-state index contributed by atoms with van der Waals surface area (Å²) in [7, 11) is 4.74. The Morgan fingerprint density at radius 3 is 2.50 bits per heavy atom. The van der Waals surface area contributed by atoms with Crippen LogP contribution >= 0.6 is 11.8 Å². The number of furan rings is 1. The Balaban J connectivity index is 1.64. The molecular weight excluding hydrogens is 454 g/mol. The Morgan fingerprint density at radius 2 is 1.76 bits per heavy atom. The first kappa shape index (κ1) is 23.2. The molecule has 9 heteroatoms. The molecule has 2 heterocycles. The van der Waals surface area contributed by atoms with Crippen molar-refractivity contribution in [3.05, 3.63) is 82.7 Å². The molecule has 0 radical (unpaired) electrons. The molecule has 0 spiro atoms. The lowest BCUT2D eigenvalue weighted by Gasteiger charge is -2.12. The van der Waals surface area contributed by atoms with E-state index < -0.39 is 0 Å². The van der Waals surface area contributed by atoms with E-state index in [1.54, 1.807) is 52.0 Å². The van der Waals surface area contributed by atoms with Crippen molar-refractivity contribution in [1.82, 2.24) is 4.90 Å². The number of ether oxygens (including phenoxy) is 3. The van der Waals surface area contributed by atoms with Crippen LogP contribution in [0.5, 0.6) is 17.2 Å². The summed E-state index contributed by atoms with van der Waals surface area (Å²) in [6.07, 6.45) is 4.95. The van der Waals surface area contributed by atoms with Crippen molar-refractivity contribution in [3.8, 4) is 17.2 Å². The molecule has 4 rings (SSSR count). The summed E-state index contributed by atoms with van der Waals surface area (Å²) in [4.78, 5) is 15.3. The van der Waals surface area contributed by atoms with Gasteiger partial charge in [-0.3, -0.25) is 9.69 Å². The highest BCUT2D eigenvalue weighted by atomic mass is 32.2. The number of hydrogen-bond donors (Lipinski definition) is 0. The number of benzene rings is 2. The summed E-state index contributed by atoms with van der Waals surface area (Å²) in [6, 6.07) is 16.5. The third-order valence-electron chi connectivity index (χ3n) is 4.97. The van der Waals surface area contributed by atoms with E-state index in [0.29, 0.717) is 33.1 Å². The summed E-state index contributed by atoms with van der Waals surface area (Å²) >= 11 is 1.24.